The predicted molar refractivity (Wildman–Crippen MR) is 116 cm³/mol. The van der Waals surface area contributed by atoms with Gasteiger partial charge in [0.1, 0.15) is 17.0 Å². The molecule has 0 atom stereocenters. The number of hydrogen-bond donors (Lipinski definition) is 0. The van der Waals surface area contributed by atoms with Crippen molar-refractivity contribution in [3.8, 4) is 11.4 Å². The van der Waals surface area contributed by atoms with E-state index in [1.54, 1.807) is 32.9 Å². The first kappa shape index (κ1) is 23.5. The van der Waals surface area contributed by atoms with Crippen LogP contribution in [0.1, 0.15) is 37.9 Å². The summed E-state index contributed by atoms with van der Waals surface area (Å²) < 4.78 is 62.7. The maximum Gasteiger partial charge on any atom is 0.573 e. The van der Waals surface area contributed by atoms with Crippen molar-refractivity contribution in [1.82, 2.24) is 19.7 Å². The number of pyridine rings is 1. The molecular formula is C23H22F4N4O3. The molecule has 1 aliphatic heterocycles. The van der Waals surface area contributed by atoms with Gasteiger partial charge in [-0.2, -0.15) is 5.10 Å². The van der Waals surface area contributed by atoms with Gasteiger partial charge in [0.2, 0.25) is 0 Å². The number of alkyl halides is 3. The third kappa shape index (κ3) is 4.68. The largest absolute Gasteiger partial charge is 0.573 e. The molecule has 11 heteroatoms. The van der Waals surface area contributed by atoms with Crippen LogP contribution in [-0.2, 0) is 4.74 Å². The van der Waals surface area contributed by atoms with Crippen molar-refractivity contribution >= 4 is 23.2 Å². The zero-order valence-electron chi connectivity index (χ0n) is 18.7. The van der Waals surface area contributed by atoms with E-state index in [4.69, 9.17) is 4.74 Å². The Kier molecular flexibility index (Phi) is 5.74. The molecule has 7 nitrogen and oxygen atoms in total. The SMILES string of the molecule is C=Cc1ccnc2c1c(C1CN(C(=O)OC(C)(C)C)C1)nn2-c1ccc(OC(F)(F)F)cc1F. The van der Waals surface area contributed by atoms with Crippen LogP contribution in [0.4, 0.5) is 22.4 Å². The van der Waals surface area contributed by atoms with Crippen LogP contribution < -0.4 is 4.74 Å². The highest BCUT2D eigenvalue weighted by Gasteiger charge is 2.38. The van der Waals surface area contributed by atoms with E-state index in [0.29, 0.717) is 41.4 Å². The minimum absolute atomic E-state index is 0.0946. The smallest absolute Gasteiger partial charge is 0.444 e. The van der Waals surface area contributed by atoms with Crippen LogP contribution in [0.2, 0.25) is 0 Å². The summed E-state index contributed by atoms with van der Waals surface area (Å²) in [6.07, 6.45) is -2.26. The van der Waals surface area contributed by atoms with Gasteiger partial charge in [-0.3, -0.25) is 0 Å². The number of nitrogens with zero attached hydrogens (tertiary/aromatic N) is 4. The molecule has 0 N–H and O–H groups in total. The van der Waals surface area contributed by atoms with Crippen LogP contribution in [0.25, 0.3) is 22.8 Å². The van der Waals surface area contributed by atoms with Crippen molar-refractivity contribution in [1.29, 1.82) is 0 Å². The molecule has 0 bridgehead atoms. The topological polar surface area (TPSA) is 69.5 Å². The lowest BCUT2D eigenvalue weighted by Gasteiger charge is -2.39. The fourth-order valence-corrected chi connectivity index (χ4v) is 3.70. The van der Waals surface area contributed by atoms with Crippen LogP contribution in [-0.4, -0.2) is 50.8 Å². The van der Waals surface area contributed by atoms with Crippen molar-refractivity contribution in [2.75, 3.05) is 13.1 Å². The highest BCUT2D eigenvalue weighted by atomic mass is 19.4. The van der Waals surface area contributed by atoms with E-state index in [0.717, 1.165) is 12.1 Å². The van der Waals surface area contributed by atoms with Crippen molar-refractivity contribution in [3.05, 3.63) is 54.1 Å². The van der Waals surface area contributed by atoms with Crippen LogP contribution in [0.3, 0.4) is 0 Å². The summed E-state index contributed by atoms with van der Waals surface area (Å²) in [5, 5.41) is 5.17. The van der Waals surface area contributed by atoms with E-state index < -0.39 is 29.6 Å². The van der Waals surface area contributed by atoms with Crippen LogP contribution in [0, 0.1) is 5.82 Å². The number of likely N-dealkylation sites (tertiary alicyclic amines) is 1. The molecule has 1 saturated heterocycles. The summed E-state index contributed by atoms with van der Waals surface area (Å²) in [4.78, 5) is 18.2. The summed E-state index contributed by atoms with van der Waals surface area (Å²) in [5.74, 6) is -1.82. The number of hydrogen-bond acceptors (Lipinski definition) is 5. The van der Waals surface area contributed by atoms with Crippen molar-refractivity contribution in [2.45, 2.75) is 38.7 Å². The van der Waals surface area contributed by atoms with E-state index >= 15 is 0 Å². The predicted octanol–water partition coefficient (Wildman–Crippen LogP) is 5.44. The lowest BCUT2D eigenvalue weighted by atomic mass is 9.93. The van der Waals surface area contributed by atoms with Crippen LogP contribution in [0.15, 0.2) is 37.0 Å². The molecule has 1 aromatic carbocycles. The summed E-state index contributed by atoms with van der Waals surface area (Å²) in [5.41, 5.74) is 0.872. The molecule has 0 aliphatic carbocycles. The average molecular weight is 478 g/mol. The second-order valence-electron chi connectivity index (χ2n) is 8.84. The molecule has 3 heterocycles. The van der Waals surface area contributed by atoms with E-state index in [2.05, 4.69) is 21.4 Å². The van der Waals surface area contributed by atoms with Gasteiger partial charge in [-0.1, -0.05) is 12.7 Å². The number of benzene rings is 1. The molecule has 1 aliphatic rings. The Morgan fingerprint density at radius 1 is 1.21 bits per heavy atom. The zero-order valence-corrected chi connectivity index (χ0v) is 18.7. The first-order valence-electron chi connectivity index (χ1n) is 10.4. The molecule has 0 radical (unpaired) electrons. The summed E-state index contributed by atoms with van der Waals surface area (Å²) in [7, 11) is 0. The van der Waals surface area contributed by atoms with Gasteiger partial charge in [0.15, 0.2) is 11.5 Å². The van der Waals surface area contributed by atoms with Crippen molar-refractivity contribution < 1.29 is 31.8 Å². The standard InChI is InChI=1S/C23H22F4N4O3/c1-5-13-8-9-28-20-18(13)19(14-11-30(12-14)21(32)34-22(2,3)4)29-31(20)17-7-6-15(10-16(17)24)33-23(25,26)27/h5-10,14H,1,11-12H2,2-4H3. The van der Waals surface area contributed by atoms with Gasteiger partial charge < -0.3 is 14.4 Å². The molecule has 4 rings (SSSR count). The normalized spacial score (nSPS) is 14.7. The van der Waals surface area contributed by atoms with E-state index in [-0.39, 0.29) is 11.6 Å². The highest BCUT2D eigenvalue weighted by molar-refractivity contribution is 5.89. The van der Waals surface area contributed by atoms with Gasteiger partial charge in [0, 0.05) is 31.3 Å². The van der Waals surface area contributed by atoms with Gasteiger partial charge in [-0.25, -0.2) is 18.9 Å². The Morgan fingerprint density at radius 3 is 2.50 bits per heavy atom. The quantitative estimate of drug-likeness (QED) is 0.468. The third-order valence-electron chi connectivity index (χ3n) is 5.15. The van der Waals surface area contributed by atoms with E-state index in [9.17, 15) is 22.4 Å². The highest BCUT2D eigenvalue weighted by Crippen LogP contribution is 2.36. The molecule has 0 unspecified atom stereocenters. The molecule has 34 heavy (non-hydrogen) atoms. The summed E-state index contributed by atoms with van der Waals surface area (Å²) in [6, 6.07) is 4.51. The average Bonchev–Trinajstić information content (AvgIpc) is 3.03. The zero-order chi connectivity index (χ0) is 24.8. The second-order valence-corrected chi connectivity index (χ2v) is 8.84. The summed E-state index contributed by atoms with van der Waals surface area (Å²) >= 11 is 0. The Labute approximate surface area is 192 Å². The number of carbonyl (C=O) groups excluding carboxylic acids is 1. The fraction of sp³-hybridized carbons (Fsp3) is 0.348. The Morgan fingerprint density at radius 2 is 1.91 bits per heavy atom. The molecule has 180 valence electrons. The van der Waals surface area contributed by atoms with E-state index in [1.807, 2.05) is 0 Å². The molecule has 0 spiro atoms. The maximum absolute atomic E-state index is 14.8. The molecule has 3 aromatic rings. The number of aromatic nitrogens is 3. The van der Waals surface area contributed by atoms with Crippen LogP contribution in [0.5, 0.6) is 5.75 Å². The number of amides is 1. The molecule has 0 saturated carbocycles. The Balaban J connectivity index is 1.70. The van der Waals surface area contributed by atoms with Gasteiger partial charge in [-0.15, -0.1) is 13.2 Å². The monoisotopic (exact) mass is 478 g/mol. The van der Waals surface area contributed by atoms with Gasteiger partial charge >= 0.3 is 12.5 Å². The number of rotatable bonds is 4. The van der Waals surface area contributed by atoms with Crippen molar-refractivity contribution in [3.63, 3.8) is 0 Å². The number of fused-ring (bicyclic) bond motifs is 1. The number of halogens is 4. The number of carbonyl (C=O) groups is 1. The molecule has 1 fully saturated rings. The molecule has 2 aromatic heterocycles. The lowest BCUT2D eigenvalue weighted by Crippen LogP contribution is -2.50. The third-order valence-corrected chi connectivity index (χ3v) is 5.15. The first-order valence-corrected chi connectivity index (χ1v) is 10.4. The minimum Gasteiger partial charge on any atom is -0.444 e. The van der Waals surface area contributed by atoms with Crippen LogP contribution >= 0.6 is 0 Å². The Hall–Kier alpha value is -3.63. The Bertz CT molecular complexity index is 1260. The fourth-order valence-electron chi connectivity index (χ4n) is 3.70. The maximum atomic E-state index is 14.8. The number of ether oxygens (including phenoxy) is 2. The molecule has 1 amide bonds. The molecular weight excluding hydrogens is 456 g/mol. The van der Waals surface area contributed by atoms with Gasteiger partial charge in [0.25, 0.3) is 0 Å². The van der Waals surface area contributed by atoms with Crippen molar-refractivity contribution in [2.24, 2.45) is 0 Å². The minimum atomic E-state index is -4.94. The van der Waals surface area contributed by atoms with E-state index in [1.165, 1.54) is 15.8 Å². The summed E-state index contributed by atoms with van der Waals surface area (Å²) in [6.45, 7) is 9.82. The first-order chi connectivity index (χ1) is 15.9. The second kappa shape index (κ2) is 8.30. The lowest BCUT2D eigenvalue weighted by molar-refractivity contribution is -0.274. The van der Waals surface area contributed by atoms with Gasteiger partial charge in [0.05, 0.1) is 11.1 Å². The van der Waals surface area contributed by atoms with Gasteiger partial charge in [-0.05, 0) is 44.5 Å².